The molecule has 0 spiro atoms. The first-order chi connectivity index (χ1) is 16.2. The second kappa shape index (κ2) is 9.39. The number of nitrogens with zero attached hydrogens (tertiary/aromatic N) is 2. The molecule has 1 heterocycles. The number of aromatic nitrogens is 1. The first-order valence-corrected chi connectivity index (χ1v) is 10.4. The number of carbonyl (C=O) groups excluding carboxylic acids is 1. The minimum atomic E-state index is -0.793. The molecule has 0 unspecified atom stereocenters. The van der Waals surface area contributed by atoms with E-state index in [4.69, 9.17) is 33.2 Å². The van der Waals surface area contributed by atoms with E-state index in [1.807, 2.05) is 6.07 Å². The number of nitro benzene ring substituents is 1. The largest absolute Gasteiger partial charge is 0.453 e. The summed E-state index contributed by atoms with van der Waals surface area (Å²) in [4.78, 5) is 25.8. The highest BCUT2D eigenvalue weighted by molar-refractivity contribution is 6.32. The Balaban J connectivity index is 1.53. The fraction of sp³-hybridized carbons (Fsp3) is 0.0435. The number of carbonyl (C=O) groups is 1. The second-order valence-corrected chi connectivity index (χ2v) is 7.98. The lowest BCUT2D eigenvalue weighted by atomic mass is 10.2. The summed E-state index contributed by atoms with van der Waals surface area (Å²) >= 11 is 12.1. The van der Waals surface area contributed by atoms with E-state index in [1.165, 1.54) is 54.6 Å². The Hall–Kier alpha value is -4.13. The number of hydrogen-bond donors (Lipinski definition) is 2. The van der Waals surface area contributed by atoms with Crippen LogP contribution >= 0.6 is 23.2 Å². The minimum Gasteiger partial charge on any atom is -0.453 e. The number of rotatable bonds is 6. The summed E-state index contributed by atoms with van der Waals surface area (Å²) in [5.41, 5.74) is 0.927. The quantitative estimate of drug-likeness (QED) is 0.245. The van der Waals surface area contributed by atoms with Crippen LogP contribution in [0.5, 0.6) is 11.5 Å². The lowest BCUT2D eigenvalue weighted by Crippen LogP contribution is -2.23. The third-order valence-electron chi connectivity index (χ3n) is 4.85. The van der Waals surface area contributed by atoms with Gasteiger partial charge in [0.2, 0.25) is 0 Å². The molecular formula is C23H13Cl2FN4O4. The number of nitro groups is 1. The highest BCUT2D eigenvalue weighted by Gasteiger charge is 2.18. The third kappa shape index (κ3) is 4.78. The molecular weight excluding hydrogens is 486 g/mol. The fourth-order valence-electron chi connectivity index (χ4n) is 3.23. The molecule has 8 nitrogen and oxygen atoms in total. The number of benzene rings is 3. The fourth-order valence-corrected chi connectivity index (χ4v) is 3.64. The summed E-state index contributed by atoms with van der Waals surface area (Å²) in [7, 11) is 0. The van der Waals surface area contributed by atoms with Gasteiger partial charge < -0.3 is 15.0 Å². The summed E-state index contributed by atoms with van der Waals surface area (Å²) in [5.74, 6) is -1.49. The number of ether oxygens (including phenoxy) is 1. The molecule has 1 amide bonds. The Bertz CT molecular complexity index is 1500. The Labute approximate surface area is 201 Å². The molecule has 4 rings (SSSR count). The van der Waals surface area contributed by atoms with Crippen LogP contribution < -0.4 is 10.1 Å². The number of non-ortho nitro benzene ring substituents is 1. The zero-order valence-electron chi connectivity index (χ0n) is 17.1. The van der Waals surface area contributed by atoms with E-state index in [-0.39, 0.29) is 50.6 Å². The highest BCUT2D eigenvalue weighted by Crippen LogP contribution is 2.35. The third-order valence-corrected chi connectivity index (χ3v) is 5.36. The van der Waals surface area contributed by atoms with Gasteiger partial charge in [0.25, 0.3) is 11.6 Å². The van der Waals surface area contributed by atoms with Crippen molar-refractivity contribution in [2.24, 2.45) is 0 Å². The lowest BCUT2D eigenvalue weighted by Gasteiger charge is -2.13. The predicted octanol–water partition coefficient (Wildman–Crippen LogP) is 6.12. The number of nitriles is 1. The summed E-state index contributed by atoms with van der Waals surface area (Å²) in [6.07, 6.45) is 0. The van der Waals surface area contributed by atoms with Crippen molar-refractivity contribution in [2.45, 2.75) is 6.54 Å². The van der Waals surface area contributed by atoms with Crippen LogP contribution in [-0.4, -0.2) is 15.8 Å². The van der Waals surface area contributed by atoms with E-state index in [9.17, 15) is 14.9 Å². The maximum absolute atomic E-state index is 15.1. The highest BCUT2D eigenvalue weighted by atomic mass is 35.5. The molecule has 11 heteroatoms. The zero-order chi connectivity index (χ0) is 24.4. The van der Waals surface area contributed by atoms with Crippen molar-refractivity contribution in [3.05, 3.63) is 97.4 Å². The van der Waals surface area contributed by atoms with Crippen molar-refractivity contribution in [1.82, 2.24) is 10.3 Å². The number of hydrogen-bond acceptors (Lipinski definition) is 5. The van der Waals surface area contributed by atoms with Gasteiger partial charge in [0.15, 0.2) is 11.6 Å². The molecule has 0 aliphatic carbocycles. The van der Waals surface area contributed by atoms with Crippen LogP contribution in [0.2, 0.25) is 10.0 Å². The molecule has 0 bridgehead atoms. The first kappa shape index (κ1) is 23.0. The predicted molar refractivity (Wildman–Crippen MR) is 124 cm³/mol. The van der Waals surface area contributed by atoms with E-state index in [2.05, 4.69) is 10.3 Å². The van der Waals surface area contributed by atoms with Gasteiger partial charge in [-0.3, -0.25) is 14.9 Å². The van der Waals surface area contributed by atoms with E-state index < -0.39 is 16.6 Å². The summed E-state index contributed by atoms with van der Waals surface area (Å²) in [5, 5.41) is 23.3. The second-order valence-electron chi connectivity index (χ2n) is 7.13. The molecule has 0 saturated carbocycles. The number of amides is 1. The maximum Gasteiger partial charge on any atom is 0.270 e. The Kier molecular flexibility index (Phi) is 6.36. The van der Waals surface area contributed by atoms with Crippen molar-refractivity contribution in [1.29, 1.82) is 5.26 Å². The standard InChI is InChI=1S/C23H13Cl2FN4O4/c24-15-5-12(10-27)6-17(9-15)34-22-18(25)3-1-13(21(22)26)11-28-23(31)20-8-14-7-16(30(32)33)2-4-19(14)29-20/h1-9,29H,11H2,(H,28,31). The summed E-state index contributed by atoms with van der Waals surface area (Å²) in [6.45, 7) is -0.188. The van der Waals surface area contributed by atoms with Crippen LogP contribution in [-0.2, 0) is 6.54 Å². The molecule has 0 saturated heterocycles. The van der Waals surface area contributed by atoms with Gasteiger partial charge in [0, 0.05) is 40.2 Å². The van der Waals surface area contributed by atoms with E-state index in [1.54, 1.807) is 0 Å². The van der Waals surface area contributed by atoms with Gasteiger partial charge >= 0.3 is 0 Å². The smallest absolute Gasteiger partial charge is 0.270 e. The van der Waals surface area contributed by atoms with Crippen LogP contribution in [0.1, 0.15) is 21.6 Å². The SMILES string of the molecule is N#Cc1cc(Cl)cc(Oc2c(Cl)ccc(CNC(=O)c3cc4cc([N+](=O)[O-])ccc4[nH]3)c2F)c1. The van der Waals surface area contributed by atoms with Gasteiger partial charge in [-0.15, -0.1) is 0 Å². The average Bonchev–Trinajstić information content (AvgIpc) is 3.24. The van der Waals surface area contributed by atoms with Gasteiger partial charge in [-0.2, -0.15) is 5.26 Å². The topological polar surface area (TPSA) is 121 Å². The summed E-state index contributed by atoms with van der Waals surface area (Å²) < 4.78 is 20.7. The van der Waals surface area contributed by atoms with Crippen molar-refractivity contribution in [2.75, 3.05) is 0 Å². The van der Waals surface area contributed by atoms with E-state index >= 15 is 4.39 Å². The normalized spacial score (nSPS) is 10.6. The molecule has 0 fully saturated rings. The molecule has 2 N–H and O–H groups in total. The molecule has 0 aliphatic rings. The molecule has 0 radical (unpaired) electrons. The molecule has 0 aliphatic heterocycles. The molecule has 4 aromatic rings. The number of fused-ring (bicyclic) bond motifs is 1. The van der Waals surface area contributed by atoms with E-state index in [0.29, 0.717) is 10.9 Å². The van der Waals surface area contributed by atoms with Gasteiger partial charge in [-0.05, 0) is 36.4 Å². The maximum atomic E-state index is 15.1. The van der Waals surface area contributed by atoms with Gasteiger partial charge in [0.05, 0.1) is 21.6 Å². The Morgan fingerprint density at radius 2 is 1.97 bits per heavy atom. The van der Waals surface area contributed by atoms with Crippen molar-refractivity contribution >= 4 is 45.7 Å². The number of aromatic amines is 1. The monoisotopic (exact) mass is 498 g/mol. The van der Waals surface area contributed by atoms with Gasteiger partial charge in [-0.25, -0.2) is 4.39 Å². The van der Waals surface area contributed by atoms with Crippen LogP contribution in [0.4, 0.5) is 10.1 Å². The number of H-pyrrole nitrogens is 1. The summed E-state index contributed by atoms with van der Waals surface area (Å²) in [6, 6.07) is 14.6. The Morgan fingerprint density at radius 3 is 2.71 bits per heavy atom. The van der Waals surface area contributed by atoms with Crippen LogP contribution in [0, 0.1) is 27.3 Å². The number of halogens is 3. The molecule has 34 heavy (non-hydrogen) atoms. The first-order valence-electron chi connectivity index (χ1n) is 9.66. The van der Waals surface area contributed by atoms with Gasteiger partial charge in [-0.1, -0.05) is 29.3 Å². The van der Waals surface area contributed by atoms with Gasteiger partial charge in [0.1, 0.15) is 11.4 Å². The van der Waals surface area contributed by atoms with Crippen molar-refractivity contribution in [3.8, 4) is 17.6 Å². The molecule has 170 valence electrons. The molecule has 3 aromatic carbocycles. The lowest BCUT2D eigenvalue weighted by molar-refractivity contribution is -0.384. The van der Waals surface area contributed by atoms with E-state index in [0.717, 1.165) is 0 Å². The van der Waals surface area contributed by atoms with Crippen LogP contribution in [0.15, 0.2) is 54.6 Å². The zero-order valence-corrected chi connectivity index (χ0v) is 18.6. The van der Waals surface area contributed by atoms with Crippen LogP contribution in [0.25, 0.3) is 10.9 Å². The average molecular weight is 499 g/mol. The van der Waals surface area contributed by atoms with Crippen molar-refractivity contribution < 1.29 is 18.8 Å². The number of nitrogens with one attached hydrogen (secondary N) is 2. The minimum absolute atomic E-state index is 0.0109. The Morgan fingerprint density at radius 1 is 1.18 bits per heavy atom. The molecule has 0 atom stereocenters. The van der Waals surface area contributed by atoms with Crippen molar-refractivity contribution in [3.63, 3.8) is 0 Å². The molecule has 1 aromatic heterocycles. The van der Waals surface area contributed by atoms with Crippen LogP contribution in [0.3, 0.4) is 0 Å².